The summed E-state index contributed by atoms with van der Waals surface area (Å²) in [5.41, 5.74) is 4.95. The number of piperazine rings is 1. The molecule has 2 saturated heterocycles. The van der Waals surface area contributed by atoms with Crippen molar-refractivity contribution in [1.29, 1.82) is 0 Å². The van der Waals surface area contributed by atoms with Gasteiger partial charge in [-0.3, -0.25) is 14.7 Å². The van der Waals surface area contributed by atoms with Crippen LogP contribution in [-0.2, 0) is 19.9 Å². The molecule has 43 heavy (non-hydrogen) atoms. The van der Waals surface area contributed by atoms with Crippen LogP contribution in [0.15, 0.2) is 47.8 Å². The van der Waals surface area contributed by atoms with E-state index >= 15 is 0 Å². The molecule has 0 unspecified atom stereocenters. The number of amides is 1. The monoisotopic (exact) mass is 587 g/mol. The molecule has 10 heteroatoms. The summed E-state index contributed by atoms with van der Waals surface area (Å²) < 4.78 is 13.4. The molecule has 0 radical (unpaired) electrons. The van der Waals surface area contributed by atoms with Crippen LogP contribution in [0.3, 0.4) is 0 Å². The van der Waals surface area contributed by atoms with E-state index in [1.54, 1.807) is 14.2 Å². The highest BCUT2D eigenvalue weighted by Gasteiger charge is 2.38. The number of carbonyl (C=O) groups is 1. The Balaban J connectivity index is 1.12. The van der Waals surface area contributed by atoms with E-state index in [1.165, 1.54) is 0 Å². The van der Waals surface area contributed by atoms with E-state index in [9.17, 15) is 4.79 Å². The molecular weight excluding hydrogens is 542 g/mol. The number of carbonyl (C=O) groups excluding carboxylic acids is 1. The van der Waals surface area contributed by atoms with Gasteiger partial charge in [0.2, 0.25) is 5.91 Å². The number of methoxy groups -OCH3 is 2. The van der Waals surface area contributed by atoms with Crippen molar-refractivity contribution in [2.45, 2.75) is 44.2 Å². The molecule has 3 fully saturated rings. The third-order valence-corrected chi connectivity index (χ3v) is 9.92. The second-order valence-corrected chi connectivity index (χ2v) is 12.4. The van der Waals surface area contributed by atoms with E-state index < -0.39 is 0 Å². The molecule has 3 aliphatic rings. The standard InChI is InChI=1S/C33H45N7O3/c1-24(23-42-3)37-11-8-33(43-4,9-12-37)28-5-6-29(35-21-28)27-19-31-30(7-10-36-40(31)22-27)38-13-15-39(16-14-38)32(41)26-17-25(18-26)20-34-2/h5-7,10,19-22,24-26H,8-9,11-18,23H2,1-4H3/b34-20-/t24-,25-,26-/m1/s1. The summed E-state index contributed by atoms with van der Waals surface area (Å²) in [4.78, 5) is 28.9. The summed E-state index contributed by atoms with van der Waals surface area (Å²) >= 11 is 0. The fraction of sp³-hybridized carbons (Fsp3) is 0.576. The van der Waals surface area contributed by atoms with Crippen molar-refractivity contribution in [1.82, 2.24) is 24.4 Å². The topological polar surface area (TPSA) is 87.8 Å². The zero-order valence-electron chi connectivity index (χ0n) is 26.0. The third kappa shape index (κ3) is 5.92. The number of anilines is 1. The molecule has 230 valence electrons. The number of fused-ring (bicyclic) bond motifs is 1. The number of likely N-dealkylation sites (tertiary alicyclic amines) is 1. The predicted molar refractivity (Wildman–Crippen MR) is 169 cm³/mol. The van der Waals surface area contributed by atoms with Gasteiger partial charge in [0.25, 0.3) is 0 Å². The molecule has 3 aromatic rings. The first-order valence-corrected chi connectivity index (χ1v) is 15.6. The SMILES string of the molecule is C/N=C\[C@H]1C[C@H](C(=O)N2CCN(c3ccnn4cc(-c5ccc(C6(OC)CCN([C@H](C)COC)CC6)cn5)cc34)CC2)C1. The highest BCUT2D eigenvalue weighted by Crippen LogP contribution is 2.38. The van der Waals surface area contributed by atoms with Crippen molar-refractivity contribution in [3.8, 4) is 11.3 Å². The van der Waals surface area contributed by atoms with Crippen LogP contribution < -0.4 is 4.90 Å². The Bertz CT molecular complexity index is 1420. The smallest absolute Gasteiger partial charge is 0.225 e. The van der Waals surface area contributed by atoms with Crippen LogP contribution in [0.1, 0.15) is 38.2 Å². The molecule has 6 rings (SSSR count). The maximum Gasteiger partial charge on any atom is 0.225 e. The number of pyridine rings is 1. The first-order valence-electron chi connectivity index (χ1n) is 15.6. The molecule has 0 bridgehead atoms. The van der Waals surface area contributed by atoms with Crippen LogP contribution in [0.4, 0.5) is 5.69 Å². The number of piperidine rings is 1. The van der Waals surface area contributed by atoms with Crippen molar-refractivity contribution in [3.05, 3.63) is 48.4 Å². The van der Waals surface area contributed by atoms with E-state index in [-0.39, 0.29) is 11.5 Å². The Kier molecular flexibility index (Phi) is 8.79. The second-order valence-electron chi connectivity index (χ2n) is 12.4. The summed E-state index contributed by atoms with van der Waals surface area (Å²) in [5.74, 6) is 0.931. The number of aromatic nitrogens is 3. The fourth-order valence-electron chi connectivity index (χ4n) is 7.15. The minimum atomic E-state index is -0.317. The van der Waals surface area contributed by atoms with E-state index in [0.29, 0.717) is 17.9 Å². The summed E-state index contributed by atoms with van der Waals surface area (Å²) in [5, 5.41) is 4.59. The maximum absolute atomic E-state index is 13.0. The molecule has 1 atom stereocenters. The van der Waals surface area contributed by atoms with E-state index in [4.69, 9.17) is 14.5 Å². The molecule has 1 saturated carbocycles. The Hall–Kier alpha value is -3.34. The first kappa shape index (κ1) is 29.7. The average Bonchev–Trinajstić information content (AvgIpc) is 3.47. The largest absolute Gasteiger partial charge is 0.383 e. The van der Waals surface area contributed by atoms with Gasteiger partial charge in [-0.15, -0.1) is 0 Å². The van der Waals surface area contributed by atoms with Gasteiger partial charge in [-0.25, -0.2) is 4.52 Å². The van der Waals surface area contributed by atoms with Crippen molar-refractivity contribution >= 4 is 23.3 Å². The second kappa shape index (κ2) is 12.7. The van der Waals surface area contributed by atoms with Crippen LogP contribution in [0, 0.1) is 11.8 Å². The van der Waals surface area contributed by atoms with Gasteiger partial charge < -0.3 is 24.3 Å². The Morgan fingerprint density at radius 3 is 2.53 bits per heavy atom. The van der Waals surface area contributed by atoms with Gasteiger partial charge in [0.15, 0.2) is 0 Å². The van der Waals surface area contributed by atoms with Crippen LogP contribution in [0.2, 0.25) is 0 Å². The molecule has 0 aromatic carbocycles. The number of nitrogens with zero attached hydrogens (tertiary/aromatic N) is 7. The lowest BCUT2D eigenvalue weighted by Crippen LogP contribution is -2.52. The highest BCUT2D eigenvalue weighted by atomic mass is 16.5. The van der Waals surface area contributed by atoms with Gasteiger partial charge in [-0.05, 0) is 56.7 Å². The van der Waals surface area contributed by atoms with Crippen LogP contribution in [0.5, 0.6) is 0 Å². The quantitative estimate of drug-likeness (QED) is 0.353. The molecular formula is C33H45N7O3. The lowest BCUT2D eigenvalue weighted by molar-refractivity contribution is -0.139. The first-order chi connectivity index (χ1) is 20.9. The van der Waals surface area contributed by atoms with Crippen LogP contribution in [-0.4, -0.2) is 110 Å². The van der Waals surface area contributed by atoms with Crippen molar-refractivity contribution in [2.24, 2.45) is 16.8 Å². The number of aliphatic imine (C=N–C) groups is 1. The highest BCUT2D eigenvalue weighted by molar-refractivity contribution is 5.83. The van der Waals surface area contributed by atoms with Gasteiger partial charge in [0, 0.05) is 108 Å². The number of hydrogen-bond acceptors (Lipinski definition) is 8. The number of hydrogen-bond donors (Lipinski definition) is 0. The molecule has 0 N–H and O–H groups in total. The van der Waals surface area contributed by atoms with Gasteiger partial charge in [0.1, 0.15) is 0 Å². The predicted octanol–water partition coefficient (Wildman–Crippen LogP) is 3.74. The van der Waals surface area contributed by atoms with Gasteiger partial charge in [-0.2, -0.15) is 5.10 Å². The normalized spacial score (nSPS) is 23.5. The van der Waals surface area contributed by atoms with Crippen LogP contribution in [0.25, 0.3) is 16.8 Å². The van der Waals surface area contributed by atoms with Gasteiger partial charge in [-0.1, -0.05) is 6.07 Å². The van der Waals surface area contributed by atoms with Crippen molar-refractivity contribution < 1.29 is 14.3 Å². The lowest BCUT2D eigenvalue weighted by atomic mass is 9.75. The molecule has 5 heterocycles. The molecule has 1 amide bonds. The van der Waals surface area contributed by atoms with E-state index in [1.807, 2.05) is 35.1 Å². The molecule has 0 spiro atoms. The fourth-order valence-corrected chi connectivity index (χ4v) is 7.15. The number of rotatable bonds is 9. The van der Waals surface area contributed by atoms with Crippen molar-refractivity contribution in [2.75, 3.05) is 72.0 Å². The van der Waals surface area contributed by atoms with Gasteiger partial charge in [0.05, 0.1) is 29.1 Å². The molecule has 10 nitrogen and oxygen atoms in total. The van der Waals surface area contributed by atoms with Gasteiger partial charge >= 0.3 is 0 Å². The minimum absolute atomic E-state index is 0.158. The zero-order valence-corrected chi connectivity index (χ0v) is 26.0. The van der Waals surface area contributed by atoms with Crippen LogP contribution >= 0.6 is 0 Å². The Morgan fingerprint density at radius 1 is 1.12 bits per heavy atom. The summed E-state index contributed by atoms with van der Waals surface area (Å²) in [6, 6.07) is 8.93. The molecule has 3 aromatic heterocycles. The lowest BCUT2D eigenvalue weighted by Gasteiger charge is -2.43. The summed E-state index contributed by atoms with van der Waals surface area (Å²) in [7, 11) is 5.38. The zero-order chi connectivity index (χ0) is 30.0. The Labute approximate surface area is 254 Å². The molecule has 2 aliphatic heterocycles. The average molecular weight is 588 g/mol. The third-order valence-electron chi connectivity index (χ3n) is 9.92. The Morgan fingerprint density at radius 2 is 1.88 bits per heavy atom. The van der Waals surface area contributed by atoms with E-state index in [0.717, 1.165) is 99.6 Å². The maximum atomic E-state index is 13.0. The van der Waals surface area contributed by atoms with Crippen molar-refractivity contribution in [3.63, 3.8) is 0 Å². The minimum Gasteiger partial charge on any atom is -0.383 e. The molecule has 1 aliphatic carbocycles. The number of ether oxygens (including phenoxy) is 2. The van der Waals surface area contributed by atoms with E-state index in [2.05, 4.69) is 57.3 Å². The summed E-state index contributed by atoms with van der Waals surface area (Å²) in [6.45, 7) is 8.02. The summed E-state index contributed by atoms with van der Waals surface area (Å²) in [6.07, 6.45) is 11.6.